The van der Waals surface area contributed by atoms with Gasteiger partial charge < -0.3 is 19.3 Å². The number of esters is 1. The van der Waals surface area contributed by atoms with Gasteiger partial charge in [-0.2, -0.15) is 10.2 Å². The Morgan fingerprint density at radius 1 is 1.11 bits per heavy atom. The minimum absolute atomic E-state index is 0.0545. The van der Waals surface area contributed by atoms with Crippen LogP contribution < -0.4 is 16.0 Å². The molecule has 242 valence electrons. The zero-order valence-electron chi connectivity index (χ0n) is 25.8. The summed E-state index contributed by atoms with van der Waals surface area (Å²) in [6, 6.07) is 13.0. The summed E-state index contributed by atoms with van der Waals surface area (Å²) in [5, 5.41) is 18.5. The maximum atomic E-state index is 14.5. The fraction of sp³-hybridized carbons (Fsp3) is 0.344. The van der Waals surface area contributed by atoms with E-state index in [1.54, 1.807) is 19.1 Å². The van der Waals surface area contributed by atoms with Gasteiger partial charge in [-0.1, -0.05) is 41.7 Å². The lowest BCUT2D eigenvalue weighted by Crippen LogP contribution is -2.53. The van der Waals surface area contributed by atoms with Crippen LogP contribution in [-0.4, -0.2) is 55.5 Å². The second-order valence-electron chi connectivity index (χ2n) is 11.0. The molecule has 12 nitrogen and oxygen atoms in total. The molecule has 0 aliphatic heterocycles. The first-order valence-corrected chi connectivity index (χ1v) is 15.3. The molecular weight excluding hydrogens is 617 g/mol. The molecule has 2 aromatic carbocycles. The van der Waals surface area contributed by atoms with Crippen LogP contribution in [0.2, 0.25) is 0 Å². The fourth-order valence-electron chi connectivity index (χ4n) is 5.14. The Morgan fingerprint density at radius 2 is 1.83 bits per heavy atom. The van der Waals surface area contributed by atoms with Gasteiger partial charge in [-0.3, -0.25) is 9.36 Å². The van der Waals surface area contributed by atoms with Gasteiger partial charge in [0.2, 0.25) is 0 Å². The summed E-state index contributed by atoms with van der Waals surface area (Å²) in [5.41, 5.74) is -1.66. The van der Waals surface area contributed by atoms with Crippen LogP contribution in [0.4, 0.5) is 4.39 Å². The third-order valence-corrected chi connectivity index (χ3v) is 8.85. The zero-order valence-corrected chi connectivity index (χ0v) is 26.6. The van der Waals surface area contributed by atoms with Crippen LogP contribution in [0, 0.1) is 12.7 Å². The number of ether oxygens (including phenoxy) is 3. The third-order valence-electron chi connectivity index (χ3n) is 7.57. The highest BCUT2D eigenvalue weighted by atomic mass is 32.1. The van der Waals surface area contributed by atoms with E-state index >= 15 is 0 Å². The Hall–Kier alpha value is -4.66. The van der Waals surface area contributed by atoms with Crippen LogP contribution in [-0.2, 0) is 33.0 Å². The largest absolute Gasteiger partial charge is 0.496 e. The Morgan fingerprint density at radius 3 is 2.50 bits per heavy atom. The molecule has 5 rings (SSSR count). The molecule has 46 heavy (non-hydrogen) atoms. The lowest BCUT2D eigenvalue weighted by Gasteiger charge is -2.27. The molecule has 1 atom stereocenters. The van der Waals surface area contributed by atoms with Gasteiger partial charge in [0.15, 0.2) is 0 Å². The summed E-state index contributed by atoms with van der Waals surface area (Å²) in [6.07, 6.45) is 2.31. The zero-order chi connectivity index (χ0) is 33.0. The van der Waals surface area contributed by atoms with Crippen LogP contribution in [0.15, 0.2) is 70.5 Å². The van der Waals surface area contributed by atoms with Crippen molar-refractivity contribution in [3.05, 3.63) is 104 Å². The van der Waals surface area contributed by atoms with Crippen molar-refractivity contribution in [3.8, 4) is 10.8 Å². The van der Waals surface area contributed by atoms with Crippen molar-refractivity contribution in [1.82, 2.24) is 24.1 Å². The van der Waals surface area contributed by atoms with E-state index in [1.165, 1.54) is 60.9 Å². The monoisotopic (exact) mass is 651 g/mol. The van der Waals surface area contributed by atoms with E-state index in [-0.39, 0.29) is 43.0 Å². The molecule has 0 bridgehead atoms. The van der Waals surface area contributed by atoms with Crippen LogP contribution in [0.25, 0.3) is 15.2 Å². The molecule has 5 aromatic rings. The van der Waals surface area contributed by atoms with Gasteiger partial charge in [0.05, 0.1) is 31.4 Å². The minimum Gasteiger partial charge on any atom is -0.496 e. The number of aromatic nitrogens is 5. The molecule has 0 saturated carbocycles. The van der Waals surface area contributed by atoms with Crippen LogP contribution in [0.5, 0.6) is 5.75 Å². The number of nitrogens with zero attached hydrogens (tertiary/aromatic N) is 5. The Bertz CT molecular complexity index is 1950. The van der Waals surface area contributed by atoms with E-state index in [9.17, 15) is 23.9 Å². The average molecular weight is 652 g/mol. The van der Waals surface area contributed by atoms with Crippen molar-refractivity contribution in [2.45, 2.75) is 52.0 Å². The SMILES string of the molecule is COc1ccc(F)cc1[C@H](Cn1c(=O)n(C(C)(C)C(=O)OCc2ccccc2)c(=O)c2c(C)c(-n3nccn3)sc21)OCCCO. The quantitative estimate of drug-likeness (QED) is 0.148. The number of fused-ring (bicyclic) bond motifs is 1. The predicted molar refractivity (Wildman–Crippen MR) is 169 cm³/mol. The number of rotatable bonds is 13. The van der Waals surface area contributed by atoms with Gasteiger partial charge in [0.25, 0.3) is 5.56 Å². The summed E-state index contributed by atoms with van der Waals surface area (Å²) in [5.74, 6) is -1.01. The number of methoxy groups -OCH3 is 1. The molecule has 1 N–H and O–H groups in total. The smallest absolute Gasteiger partial charge is 0.333 e. The normalized spacial score (nSPS) is 12.4. The second kappa shape index (κ2) is 13.8. The summed E-state index contributed by atoms with van der Waals surface area (Å²) < 4.78 is 33.9. The van der Waals surface area contributed by atoms with Crippen molar-refractivity contribution in [2.75, 3.05) is 20.3 Å². The maximum absolute atomic E-state index is 14.5. The topological polar surface area (TPSA) is 140 Å². The van der Waals surface area contributed by atoms with Gasteiger partial charge in [-0.15, -0.1) is 4.80 Å². The molecule has 0 radical (unpaired) electrons. The molecule has 0 saturated heterocycles. The molecular formula is C32H34FN5O7S. The van der Waals surface area contributed by atoms with Crippen molar-refractivity contribution >= 4 is 27.5 Å². The van der Waals surface area contributed by atoms with E-state index in [4.69, 9.17) is 14.2 Å². The summed E-state index contributed by atoms with van der Waals surface area (Å²) in [4.78, 5) is 43.8. The Balaban J connectivity index is 1.70. The first kappa shape index (κ1) is 32.7. The molecule has 0 spiro atoms. The fourth-order valence-corrected chi connectivity index (χ4v) is 6.36. The van der Waals surface area contributed by atoms with Crippen molar-refractivity contribution in [3.63, 3.8) is 0 Å². The lowest BCUT2D eigenvalue weighted by molar-refractivity contribution is -0.154. The molecule has 0 amide bonds. The number of aliphatic hydroxyl groups excluding tert-OH is 1. The predicted octanol–water partition coefficient (Wildman–Crippen LogP) is 3.88. The van der Waals surface area contributed by atoms with Gasteiger partial charge in [0.1, 0.15) is 39.6 Å². The number of aliphatic hydroxyl groups is 1. The molecule has 3 heterocycles. The summed E-state index contributed by atoms with van der Waals surface area (Å²) in [7, 11) is 1.43. The number of benzene rings is 2. The Kier molecular flexibility index (Phi) is 9.79. The molecule has 0 unspecified atom stereocenters. The summed E-state index contributed by atoms with van der Waals surface area (Å²) in [6.45, 7) is 4.30. The van der Waals surface area contributed by atoms with Crippen LogP contribution >= 0.6 is 11.3 Å². The van der Waals surface area contributed by atoms with Gasteiger partial charge in [0, 0.05) is 24.3 Å². The number of carbonyl (C=O) groups excluding carboxylic acids is 1. The van der Waals surface area contributed by atoms with E-state index < -0.39 is 34.7 Å². The van der Waals surface area contributed by atoms with Crippen molar-refractivity contribution in [1.29, 1.82) is 0 Å². The standard InChI is InChI=1S/C32H34FN5O7S/c1-20-26-27(40)37(32(2,3)30(41)45-19-21-9-6-5-7-10-21)31(42)36(29(26)46-28(20)38-34-13-14-35-38)18-25(44-16-8-15-39)23-17-22(33)11-12-24(23)43-4/h5-7,9-14,17,25,39H,8,15-16,18-19H2,1-4H3/t25-/m0/s1. The van der Waals surface area contributed by atoms with E-state index in [2.05, 4.69) is 10.2 Å². The second-order valence-corrected chi connectivity index (χ2v) is 12.0. The third kappa shape index (κ3) is 6.36. The lowest BCUT2D eigenvalue weighted by atomic mass is 10.0. The molecule has 0 fully saturated rings. The molecule has 0 aliphatic rings. The van der Waals surface area contributed by atoms with Crippen molar-refractivity contribution in [2.24, 2.45) is 0 Å². The van der Waals surface area contributed by atoms with Gasteiger partial charge >= 0.3 is 11.7 Å². The molecule has 3 aromatic heterocycles. The maximum Gasteiger partial charge on any atom is 0.333 e. The van der Waals surface area contributed by atoms with Gasteiger partial charge in [-0.05, 0) is 51.0 Å². The molecule has 0 aliphatic carbocycles. The number of thiophene rings is 1. The number of halogens is 1. The average Bonchev–Trinajstić information content (AvgIpc) is 3.69. The first-order chi connectivity index (χ1) is 22.1. The summed E-state index contributed by atoms with van der Waals surface area (Å²) >= 11 is 1.12. The highest BCUT2D eigenvalue weighted by Gasteiger charge is 2.37. The van der Waals surface area contributed by atoms with E-state index in [0.717, 1.165) is 21.5 Å². The first-order valence-electron chi connectivity index (χ1n) is 14.5. The van der Waals surface area contributed by atoms with Gasteiger partial charge in [-0.25, -0.2) is 18.5 Å². The van der Waals surface area contributed by atoms with Crippen LogP contribution in [0.1, 0.15) is 43.1 Å². The van der Waals surface area contributed by atoms with Crippen LogP contribution in [0.3, 0.4) is 0 Å². The highest BCUT2D eigenvalue weighted by Crippen LogP contribution is 2.34. The van der Waals surface area contributed by atoms with Crippen molar-refractivity contribution < 1.29 is 28.5 Å². The molecule has 14 heteroatoms. The van der Waals surface area contributed by atoms with E-state index in [1.807, 2.05) is 18.2 Å². The highest BCUT2D eigenvalue weighted by molar-refractivity contribution is 7.21. The number of carbonyl (C=O) groups is 1. The number of aryl methyl sites for hydroxylation is 1. The number of hydrogen-bond donors (Lipinski definition) is 1. The minimum atomic E-state index is -1.73. The Labute approximate surface area is 267 Å². The number of hydrogen-bond acceptors (Lipinski definition) is 10. The van der Waals surface area contributed by atoms with E-state index in [0.29, 0.717) is 21.9 Å².